The molecule has 3 rings (SSSR count). The summed E-state index contributed by atoms with van der Waals surface area (Å²) in [5.41, 5.74) is 0.786. The highest BCUT2D eigenvalue weighted by Crippen LogP contribution is 2.45. The van der Waals surface area contributed by atoms with Gasteiger partial charge in [-0.25, -0.2) is 4.39 Å². The van der Waals surface area contributed by atoms with Crippen LogP contribution < -0.4 is 4.74 Å². The summed E-state index contributed by atoms with van der Waals surface area (Å²) in [5, 5.41) is 0.147. The molecule has 26 heavy (non-hydrogen) atoms. The molecule has 0 saturated heterocycles. The van der Waals surface area contributed by atoms with E-state index in [1.807, 2.05) is 19.1 Å². The van der Waals surface area contributed by atoms with Crippen LogP contribution in [0.25, 0.3) is 0 Å². The van der Waals surface area contributed by atoms with Crippen LogP contribution >= 0.6 is 11.6 Å². The number of ether oxygens (including phenoxy) is 1. The zero-order chi connectivity index (χ0) is 18.5. The van der Waals surface area contributed by atoms with Crippen molar-refractivity contribution in [2.75, 3.05) is 6.61 Å². The van der Waals surface area contributed by atoms with Crippen LogP contribution in [-0.4, -0.2) is 6.61 Å². The van der Waals surface area contributed by atoms with Gasteiger partial charge in [-0.05, 0) is 101 Å². The van der Waals surface area contributed by atoms with Gasteiger partial charge in [0.05, 0.1) is 6.61 Å². The lowest BCUT2D eigenvalue weighted by Gasteiger charge is -2.37. The smallest absolute Gasteiger partial charge is 0.149 e. The molecule has 0 aliphatic heterocycles. The molecular formula is C23H32ClFO. The summed E-state index contributed by atoms with van der Waals surface area (Å²) in [6.45, 7) is 4.51. The van der Waals surface area contributed by atoms with E-state index in [0.717, 1.165) is 36.2 Å². The Morgan fingerprint density at radius 3 is 2.23 bits per heavy atom. The predicted octanol–water partition coefficient (Wildman–Crippen LogP) is 7.53. The number of benzene rings is 1. The Morgan fingerprint density at radius 2 is 1.65 bits per heavy atom. The average Bonchev–Trinajstić information content (AvgIpc) is 2.67. The number of rotatable bonds is 5. The first kappa shape index (κ1) is 19.7. The largest absolute Gasteiger partial charge is 0.492 e. The fourth-order valence-corrected chi connectivity index (χ4v) is 5.34. The second kappa shape index (κ2) is 9.26. The molecule has 1 nitrogen and oxygen atoms in total. The molecule has 0 N–H and O–H groups in total. The van der Waals surface area contributed by atoms with Crippen molar-refractivity contribution in [1.29, 1.82) is 0 Å². The summed E-state index contributed by atoms with van der Waals surface area (Å²) in [6, 6.07) is 3.72. The lowest BCUT2D eigenvalue weighted by Crippen LogP contribution is -2.25. The van der Waals surface area contributed by atoms with Crippen LogP contribution in [0.15, 0.2) is 24.3 Å². The molecule has 144 valence electrons. The minimum atomic E-state index is -0.270. The van der Waals surface area contributed by atoms with Gasteiger partial charge in [0, 0.05) is 0 Å². The van der Waals surface area contributed by atoms with Crippen LogP contribution in [0.2, 0.25) is 5.02 Å². The Hall–Kier alpha value is -1.02. The molecule has 1 aromatic rings. The van der Waals surface area contributed by atoms with Gasteiger partial charge in [0.2, 0.25) is 0 Å². The molecule has 2 aliphatic rings. The van der Waals surface area contributed by atoms with Gasteiger partial charge in [-0.2, -0.15) is 0 Å². The Balaban J connectivity index is 1.57. The van der Waals surface area contributed by atoms with Crippen molar-refractivity contribution in [3.63, 3.8) is 0 Å². The molecular weight excluding hydrogens is 347 g/mol. The van der Waals surface area contributed by atoms with E-state index >= 15 is 0 Å². The Kier molecular flexibility index (Phi) is 7.03. The zero-order valence-electron chi connectivity index (χ0n) is 16.1. The topological polar surface area (TPSA) is 9.23 Å². The van der Waals surface area contributed by atoms with Gasteiger partial charge in [-0.1, -0.05) is 29.8 Å². The second-order valence-electron chi connectivity index (χ2n) is 8.03. The summed E-state index contributed by atoms with van der Waals surface area (Å²) >= 11 is 6.18. The molecule has 2 aliphatic carbocycles. The molecule has 2 fully saturated rings. The van der Waals surface area contributed by atoms with Crippen LogP contribution in [0.1, 0.15) is 76.7 Å². The quantitative estimate of drug-likeness (QED) is 0.481. The van der Waals surface area contributed by atoms with Crippen LogP contribution in [0.4, 0.5) is 4.39 Å². The van der Waals surface area contributed by atoms with E-state index in [9.17, 15) is 4.39 Å². The van der Waals surface area contributed by atoms with Crippen molar-refractivity contribution in [3.05, 3.63) is 40.7 Å². The number of halogens is 2. The van der Waals surface area contributed by atoms with Gasteiger partial charge in [-0.15, -0.1) is 0 Å². The first-order valence-corrected chi connectivity index (χ1v) is 10.7. The van der Waals surface area contributed by atoms with E-state index < -0.39 is 0 Å². The lowest BCUT2D eigenvalue weighted by molar-refractivity contribution is 0.171. The van der Waals surface area contributed by atoms with Crippen molar-refractivity contribution < 1.29 is 9.13 Å². The maximum Gasteiger partial charge on any atom is 0.149 e. The highest BCUT2D eigenvalue weighted by atomic mass is 35.5. The Bertz CT molecular complexity index is 611. The van der Waals surface area contributed by atoms with Gasteiger partial charge in [-0.3, -0.25) is 0 Å². The predicted molar refractivity (Wildman–Crippen MR) is 108 cm³/mol. The molecule has 0 unspecified atom stereocenters. The summed E-state index contributed by atoms with van der Waals surface area (Å²) in [5.74, 6) is 3.01. The fourth-order valence-electron chi connectivity index (χ4n) is 5.11. The summed E-state index contributed by atoms with van der Waals surface area (Å²) in [6.07, 6.45) is 14.6. The zero-order valence-corrected chi connectivity index (χ0v) is 16.9. The van der Waals surface area contributed by atoms with Crippen molar-refractivity contribution in [2.45, 2.75) is 71.1 Å². The minimum absolute atomic E-state index is 0.147. The molecule has 3 heteroatoms. The van der Waals surface area contributed by atoms with Gasteiger partial charge in [0.25, 0.3) is 0 Å². The van der Waals surface area contributed by atoms with E-state index in [1.165, 1.54) is 38.5 Å². The number of hydrogen-bond donors (Lipinski definition) is 0. The third kappa shape index (κ3) is 4.44. The van der Waals surface area contributed by atoms with E-state index in [2.05, 4.69) is 19.1 Å². The van der Waals surface area contributed by atoms with Gasteiger partial charge in [0.15, 0.2) is 0 Å². The standard InChI is InChI=1S/C23H32ClFO/c1-3-5-16-6-8-17(9-7-16)18-10-12-19(13-11-18)20-14-15-21(26-4-2)22(24)23(20)25/h3,5,14-19H,4,6-13H2,1-2H3. The van der Waals surface area contributed by atoms with Crippen molar-refractivity contribution in [2.24, 2.45) is 17.8 Å². The molecule has 1 aromatic carbocycles. The first-order chi connectivity index (χ1) is 12.6. The van der Waals surface area contributed by atoms with Crippen LogP contribution in [-0.2, 0) is 0 Å². The first-order valence-electron chi connectivity index (χ1n) is 10.4. The summed E-state index contributed by atoms with van der Waals surface area (Å²) in [4.78, 5) is 0. The SMILES string of the molecule is CC=CC1CCC(C2CCC(c3ccc(OCC)c(Cl)c3F)CC2)CC1. The lowest BCUT2D eigenvalue weighted by atomic mass is 9.68. The van der Waals surface area contributed by atoms with Gasteiger partial charge >= 0.3 is 0 Å². The molecule has 0 heterocycles. The maximum atomic E-state index is 14.7. The molecule has 0 atom stereocenters. The monoisotopic (exact) mass is 378 g/mol. The van der Waals surface area contributed by atoms with Gasteiger partial charge in [0.1, 0.15) is 16.6 Å². The third-order valence-corrected chi connectivity index (χ3v) is 6.89. The fraction of sp³-hybridized carbons (Fsp3) is 0.652. The normalized spacial score (nSPS) is 29.8. The van der Waals surface area contributed by atoms with E-state index in [1.54, 1.807) is 0 Å². The highest BCUT2D eigenvalue weighted by Gasteiger charge is 2.32. The van der Waals surface area contributed by atoms with E-state index in [0.29, 0.717) is 18.3 Å². The van der Waals surface area contributed by atoms with E-state index in [4.69, 9.17) is 16.3 Å². The average molecular weight is 379 g/mol. The summed E-state index contributed by atoms with van der Waals surface area (Å²) < 4.78 is 20.1. The molecule has 0 aromatic heterocycles. The van der Waals surface area contributed by atoms with Crippen LogP contribution in [0.3, 0.4) is 0 Å². The van der Waals surface area contributed by atoms with Crippen molar-refractivity contribution >= 4 is 11.6 Å². The third-order valence-electron chi connectivity index (χ3n) is 6.54. The Morgan fingerprint density at radius 1 is 1.04 bits per heavy atom. The van der Waals surface area contributed by atoms with E-state index in [-0.39, 0.29) is 10.8 Å². The van der Waals surface area contributed by atoms with Crippen molar-refractivity contribution in [3.8, 4) is 5.75 Å². The summed E-state index contributed by atoms with van der Waals surface area (Å²) in [7, 11) is 0. The molecule has 2 saturated carbocycles. The molecule has 0 radical (unpaired) electrons. The minimum Gasteiger partial charge on any atom is -0.492 e. The number of hydrogen-bond acceptors (Lipinski definition) is 1. The van der Waals surface area contributed by atoms with Crippen molar-refractivity contribution in [1.82, 2.24) is 0 Å². The van der Waals surface area contributed by atoms with Crippen LogP contribution in [0.5, 0.6) is 5.75 Å². The molecule has 0 amide bonds. The maximum absolute atomic E-state index is 14.7. The second-order valence-corrected chi connectivity index (χ2v) is 8.40. The highest BCUT2D eigenvalue weighted by molar-refractivity contribution is 6.32. The Labute approximate surface area is 163 Å². The van der Waals surface area contributed by atoms with Gasteiger partial charge < -0.3 is 4.74 Å². The molecule has 0 spiro atoms. The molecule has 0 bridgehead atoms. The van der Waals surface area contributed by atoms with Crippen LogP contribution in [0, 0.1) is 23.6 Å². The number of allylic oxidation sites excluding steroid dienone is 2.